The van der Waals surface area contributed by atoms with Crippen LogP contribution in [0.1, 0.15) is 0 Å². The maximum absolute atomic E-state index is 12.7. The molecular formula is C4Cl3F7O2S. The highest BCUT2D eigenvalue weighted by Gasteiger charge is 2.82. The van der Waals surface area contributed by atoms with Gasteiger partial charge in [0.25, 0.3) is 0 Å². The Balaban J connectivity index is 5.91. The molecule has 0 aromatic carbocycles. The molecule has 0 aliphatic rings. The second kappa shape index (κ2) is 4.17. The van der Waals surface area contributed by atoms with Crippen molar-refractivity contribution in [3.8, 4) is 0 Å². The Morgan fingerprint density at radius 3 is 1.29 bits per heavy atom. The second-order valence-electron chi connectivity index (χ2n) is 2.60. The number of alkyl halides is 9. The van der Waals surface area contributed by atoms with Gasteiger partial charge in [0.1, 0.15) is 0 Å². The van der Waals surface area contributed by atoms with Gasteiger partial charge in [-0.2, -0.15) is 26.3 Å². The summed E-state index contributed by atoms with van der Waals surface area (Å²) in [5, 5.41) is -17.9. The highest BCUT2D eigenvalue weighted by Crippen LogP contribution is 2.57. The van der Waals surface area contributed by atoms with Crippen LogP contribution < -0.4 is 0 Å². The molecule has 0 saturated carbocycles. The standard InChI is InChI=1S/C4Cl3F7O2S/c5-1(8,3(6,11)12)2(9,10)4(13,14)17(7,15)16. The van der Waals surface area contributed by atoms with Crippen molar-refractivity contribution in [2.24, 2.45) is 0 Å². The van der Waals surface area contributed by atoms with Crippen LogP contribution in [-0.2, 0) is 9.05 Å². The van der Waals surface area contributed by atoms with E-state index in [1.54, 1.807) is 0 Å². The molecule has 0 aromatic rings. The summed E-state index contributed by atoms with van der Waals surface area (Å²) in [5.74, 6) is -6.58. The first-order valence-electron chi connectivity index (χ1n) is 3.14. The van der Waals surface area contributed by atoms with E-state index in [-0.39, 0.29) is 0 Å². The molecule has 0 aliphatic carbocycles. The van der Waals surface area contributed by atoms with Crippen molar-refractivity contribution in [1.82, 2.24) is 0 Å². The molecule has 0 spiro atoms. The number of halogens is 10. The van der Waals surface area contributed by atoms with Crippen LogP contribution in [0.25, 0.3) is 0 Å². The molecule has 2 nitrogen and oxygen atoms in total. The van der Waals surface area contributed by atoms with E-state index in [4.69, 9.17) is 0 Å². The Labute approximate surface area is 104 Å². The van der Waals surface area contributed by atoms with Gasteiger partial charge in [-0.3, -0.25) is 0 Å². The lowest BCUT2D eigenvalue weighted by Gasteiger charge is -2.33. The zero-order valence-corrected chi connectivity index (χ0v) is 10.1. The van der Waals surface area contributed by atoms with Gasteiger partial charge in [0.15, 0.2) is 0 Å². The van der Waals surface area contributed by atoms with E-state index in [0.717, 1.165) is 0 Å². The average Bonchev–Trinajstić information content (AvgIpc) is 1.98. The molecule has 1 atom stereocenters. The first-order valence-corrected chi connectivity index (χ1v) is 6.21. The molecule has 17 heavy (non-hydrogen) atoms. The number of hydrogen-bond donors (Lipinski definition) is 0. The summed E-state index contributed by atoms with van der Waals surface area (Å²) in [6, 6.07) is 0. The second-order valence-corrected chi connectivity index (χ2v) is 6.20. The summed E-state index contributed by atoms with van der Waals surface area (Å²) in [7, 11) is -2.54. The summed E-state index contributed by atoms with van der Waals surface area (Å²) in [4.78, 5) is 0. The van der Waals surface area contributed by atoms with Gasteiger partial charge in [-0.25, -0.2) is 12.8 Å². The molecule has 0 saturated heterocycles. The van der Waals surface area contributed by atoms with E-state index in [1.807, 2.05) is 0 Å². The molecule has 0 amide bonds. The van der Waals surface area contributed by atoms with Gasteiger partial charge < -0.3 is 0 Å². The van der Waals surface area contributed by atoms with E-state index in [0.29, 0.717) is 0 Å². The summed E-state index contributed by atoms with van der Waals surface area (Å²) in [6.45, 7) is 0. The maximum atomic E-state index is 12.7. The predicted octanol–water partition coefficient (Wildman–Crippen LogP) is 3.52. The monoisotopic (exact) mass is 350 g/mol. The minimum absolute atomic E-state index is 3.77. The third-order valence-electron chi connectivity index (χ3n) is 1.42. The molecule has 104 valence electrons. The highest BCUT2D eigenvalue weighted by atomic mass is 35.7. The van der Waals surface area contributed by atoms with Crippen LogP contribution in [-0.4, -0.2) is 30.1 Å². The molecule has 0 radical (unpaired) electrons. The highest BCUT2D eigenvalue weighted by molar-refractivity contribution is 8.14. The predicted molar refractivity (Wildman–Crippen MR) is 45.2 cm³/mol. The maximum Gasteiger partial charge on any atom is 0.426 e. The van der Waals surface area contributed by atoms with E-state index >= 15 is 0 Å². The Morgan fingerprint density at radius 1 is 0.824 bits per heavy atom. The molecule has 0 fully saturated rings. The lowest BCUT2D eigenvalue weighted by molar-refractivity contribution is -0.244. The summed E-state index contributed by atoms with van der Waals surface area (Å²) in [5.41, 5.74) is 0. The van der Waals surface area contributed by atoms with Crippen LogP contribution in [0.2, 0.25) is 0 Å². The average molecular weight is 351 g/mol. The van der Waals surface area contributed by atoms with Gasteiger partial charge in [0, 0.05) is 10.7 Å². The summed E-state index contributed by atoms with van der Waals surface area (Å²) < 4.78 is 108. The first-order chi connectivity index (χ1) is 7.00. The van der Waals surface area contributed by atoms with E-state index in [9.17, 15) is 39.2 Å². The first kappa shape index (κ1) is 17.3. The fourth-order valence-electron chi connectivity index (χ4n) is 0.514. The van der Waals surface area contributed by atoms with Crippen molar-refractivity contribution in [2.45, 2.75) is 21.7 Å². The topological polar surface area (TPSA) is 34.1 Å². The van der Waals surface area contributed by atoms with Gasteiger partial charge in [0.05, 0.1) is 0 Å². The minimum atomic E-state index is -6.58. The molecule has 0 bridgehead atoms. The molecule has 0 rings (SSSR count). The van der Waals surface area contributed by atoms with Crippen molar-refractivity contribution < 1.29 is 39.2 Å². The Kier molecular flexibility index (Phi) is 4.25. The summed E-state index contributed by atoms with van der Waals surface area (Å²) >= 11 is 7.67. The van der Waals surface area contributed by atoms with Crippen molar-refractivity contribution in [2.75, 3.05) is 0 Å². The third kappa shape index (κ3) is 2.54. The molecule has 13 heteroatoms. The Bertz CT molecular complexity index is 400. The van der Waals surface area contributed by atoms with E-state index in [1.165, 1.54) is 0 Å². The third-order valence-corrected chi connectivity index (χ3v) is 3.70. The van der Waals surface area contributed by atoms with Gasteiger partial charge >= 0.3 is 30.7 Å². The number of rotatable bonds is 4. The van der Waals surface area contributed by atoms with Crippen LogP contribution in [0.3, 0.4) is 0 Å². The van der Waals surface area contributed by atoms with Crippen molar-refractivity contribution >= 4 is 42.9 Å². The van der Waals surface area contributed by atoms with Crippen molar-refractivity contribution in [3.63, 3.8) is 0 Å². The van der Waals surface area contributed by atoms with Crippen LogP contribution in [0, 0.1) is 0 Å². The van der Waals surface area contributed by atoms with E-state index in [2.05, 4.69) is 33.9 Å². The van der Waals surface area contributed by atoms with Crippen LogP contribution >= 0.6 is 33.9 Å². The fraction of sp³-hybridized carbons (Fsp3) is 1.00. The van der Waals surface area contributed by atoms with Crippen LogP contribution in [0.5, 0.6) is 0 Å². The normalized spacial score (nSPS) is 18.9. The Morgan fingerprint density at radius 2 is 1.12 bits per heavy atom. The van der Waals surface area contributed by atoms with E-state index < -0.39 is 30.7 Å². The number of hydrogen-bond acceptors (Lipinski definition) is 2. The molecule has 0 N–H and O–H groups in total. The Hall–Kier alpha value is 0.330. The minimum Gasteiger partial charge on any atom is -0.211 e. The molecular weight excluding hydrogens is 351 g/mol. The van der Waals surface area contributed by atoms with Gasteiger partial charge in [-0.1, -0.05) is 11.6 Å². The molecule has 0 aromatic heterocycles. The fourth-order valence-corrected chi connectivity index (χ4v) is 1.54. The van der Waals surface area contributed by atoms with Gasteiger partial charge in [0.2, 0.25) is 0 Å². The quantitative estimate of drug-likeness (QED) is 0.441. The van der Waals surface area contributed by atoms with Crippen LogP contribution in [0.15, 0.2) is 0 Å². The van der Waals surface area contributed by atoms with Crippen molar-refractivity contribution in [1.29, 1.82) is 0 Å². The SMILES string of the molecule is O=S(=O)(Cl)C(F)(F)C(F)(F)C(F)(Cl)C(F)(F)Cl. The molecule has 0 aliphatic heterocycles. The van der Waals surface area contributed by atoms with Gasteiger partial charge in [-0.15, -0.1) is 0 Å². The smallest absolute Gasteiger partial charge is 0.211 e. The molecule has 0 heterocycles. The lowest BCUT2D eigenvalue weighted by atomic mass is 10.2. The summed E-state index contributed by atoms with van der Waals surface area (Å²) in [6.07, 6.45) is 0. The zero-order chi connectivity index (χ0) is 14.5. The zero-order valence-electron chi connectivity index (χ0n) is 7.00. The lowest BCUT2D eigenvalue weighted by Crippen LogP contribution is -2.61. The van der Waals surface area contributed by atoms with Gasteiger partial charge in [-0.05, 0) is 11.6 Å². The molecule has 1 unspecified atom stereocenters. The largest absolute Gasteiger partial charge is 0.426 e. The van der Waals surface area contributed by atoms with Crippen LogP contribution in [0.4, 0.5) is 30.7 Å². The van der Waals surface area contributed by atoms with Crippen molar-refractivity contribution in [3.05, 3.63) is 0 Å².